The molecule has 27 heavy (non-hydrogen) atoms. The largest absolute Gasteiger partial charge is 0.455 e. The second-order valence-corrected chi connectivity index (χ2v) is 7.81. The lowest BCUT2D eigenvalue weighted by atomic mass is 10.1. The quantitative estimate of drug-likeness (QED) is 0.487. The predicted octanol–water partition coefficient (Wildman–Crippen LogP) is 5.99. The van der Waals surface area contributed by atoms with E-state index in [-0.39, 0.29) is 5.91 Å². The Kier molecular flexibility index (Phi) is 7.27. The van der Waals surface area contributed by atoms with Gasteiger partial charge in [0.1, 0.15) is 5.76 Å². The Labute approximate surface area is 173 Å². The summed E-state index contributed by atoms with van der Waals surface area (Å²) in [6.07, 6.45) is 0.740. The zero-order valence-corrected chi connectivity index (χ0v) is 16.9. The van der Waals surface area contributed by atoms with E-state index in [9.17, 15) is 4.79 Å². The van der Waals surface area contributed by atoms with E-state index in [4.69, 9.17) is 27.6 Å². The number of carbonyl (C=O) groups excluding carboxylic acids is 1. The summed E-state index contributed by atoms with van der Waals surface area (Å²) in [5, 5.41) is 4.35. The molecule has 0 aliphatic rings. The molecule has 2 aromatic carbocycles. The van der Waals surface area contributed by atoms with Crippen LogP contribution in [0.2, 0.25) is 10.0 Å². The van der Waals surface area contributed by atoms with E-state index >= 15 is 0 Å². The lowest BCUT2D eigenvalue weighted by Crippen LogP contribution is -2.25. The highest BCUT2D eigenvalue weighted by Crippen LogP contribution is 2.24. The Hall–Kier alpha value is -1.88. The molecule has 1 N–H and O–H groups in total. The molecule has 6 heteroatoms. The van der Waals surface area contributed by atoms with Gasteiger partial charge in [-0.1, -0.05) is 53.5 Å². The Balaban J connectivity index is 1.43. The fourth-order valence-electron chi connectivity index (χ4n) is 2.51. The molecule has 0 saturated heterocycles. The smallest absolute Gasteiger partial charge is 0.287 e. The van der Waals surface area contributed by atoms with Crippen LogP contribution in [0.4, 0.5) is 0 Å². The maximum absolute atomic E-state index is 12.2. The summed E-state index contributed by atoms with van der Waals surface area (Å²) in [5.41, 5.74) is 2.21. The molecule has 0 fully saturated rings. The molecule has 1 aromatic heterocycles. The first-order chi connectivity index (χ1) is 13.1. The number of carbonyl (C=O) groups is 1. The van der Waals surface area contributed by atoms with Crippen LogP contribution in [-0.2, 0) is 17.9 Å². The maximum atomic E-state index is 12.2. The Morgan fingerprint density at radius 2 is 1.74 bits per heavy atom. The van der Waals surface area contributed by atoms with Gasteiger partial charge in [-0.05, 0) is 47.9 Å². The molecule has 0 unspecified atom stereocenters. The van der Waals surface area contributed by atoms with Crippen molar-refractivity contribution in [3.05, 3.63) is 93.4 Å². The van der Waals surface area contributed by atoms with Crippen LogP contribution in [-0.4, -0.2) is 12.5 Å². The molecule has 0 bridgehead atoms. The van der Waals surface area contributed by atoms with Crippen molar-refractivity contribution in [3.8, 4) is 0 Å². The third kappa shape index (κ3) is 6.06. The zero-order valence-electron chi connectivity index (χ0n) is 14.6. The molecule has 3 rings (SSSR count). The topological polar surface area (TPSA) is 42.2 Å². The minimum absolute atomic E-state index is 0.202. The number of benzene rings is 2. The van der Waals surface area contributed by atoms with E-state index in [1.54, 1.807) is 17.8 Å². The highest BCUT2D eigenvalue weighted by Gasteiger charge is 2.11. The molecule has 3 nitrogen and oxygen atoms in total. The fourth-order valence-corrected chi connectivity index (χ4v) is 3.85. The number of halogens is 2. The summed E-state index contributed by atoms with van der Waals surface area (Å²) in [6.45, 7) is 0.539. The predicted molar refractivity (Wildman–Crippen MR) is 113 cm³/mol. The van der Waals surface area contributed by atoms with E-state index in [1.807, 2.05) is 54.6 Å². The van der Waals surface area contributed by atoms with Gasteiger partial charge in [0.25, 0.3) is 5.91 Å². The highest BCUT2D eigenvalue weighted by molar-refractivity contribution is 7.97. The van der Waals surface area contributed by atoms with Gasteiger partial charge in [0.2, 0.25) is 0 Å². The molecular weight excluding hydrogens is 401 g/mol. The molecule has 1 amide bonds. The first-order valence-corrected chi connectivity index (χ1v) is 10.5. The molecule has 0 aliphatic heterocycles. The molecule has 0 radical (unpaired) electrons. The van der Waals surface area contributed by atoms with Crippen LogP contribution >= 0.6 is 35.0 Å². The van der Waals surface area contributed by atoms with Crippen LogP contribution in [0.25, 0.3) is 0 Å². The van der Waals surface area contributed by atoms with Crippen LogP contribution in [0.15, 0.2) is 65.1 Å². The van der Waals surface area contributed by atoms with E-state index < -0.39 is 0 Å². The molecule has 0 spiro atoms. The van der Waals surface area contributed by atoms with Gasteiger partial charge in [0.05, 0.1) is 5.75 Å². The van der Waals surface area contributed by atoms with E-state index in [2.05, 4.69) is 5.32 Å². The summed E-state index contributed by atoms with van der Waals surface area (Å²) in [5.74, 6) is 2.38. The fraction of sp³-hybridized carbons (Fsp3) is 0.190. The minimum Gasteiger partial charge on any atom is -0.455 e. The lowest BCUT2D eigenvalue weighted by Gasteiger charge is -2.04. The Morgan fingerprint density at radius 3 is 2.52 bits per heavy atom. The van der Waals surface area contributed by atoms with E-state index in [1.165, 1.54) is 0 Å². The molecule has 0 aliphatic carbocycles. The van der Waals surface area contributed by atoms with Crippen molar-refractivity contribution in [1.82, 2.24) is 5.32 Å². The van der Waals surface area contributed by atoms with Gasteiger partial charge >= 0.3 is 0 Å². The molecular formula is C21H19Cl2NO2S. The molecule has 3 aromatic rings. The minimum atomic E-state index is -0.202. The first kappa shape index (κ1) is 19.9. The lowest BCUT2D eigenvalue weighted by molar-refractivity contribution is 0.0925. The molecule has 0 saturated carbocycles. The number of hydrogen-bond donors (Lipinski definition) is 1. The number of nitrogens with one attached hydrogen (secondary N) is 1. The second kappa shape index (κ2) is 9.88. The van der Waals surface area contributed by atoms with Crippen molar-refractivity contribution < 1.29 is 9.21 Å². The summed E-state index contributed by atoms with van der Waals surface area (Å²) in [4.78, 5) is 12.2. The Morgan fingerprint density at radius 1 is 0.963 bits per heavy atom. The summed E-state index contributed by atoms with van der Waals surface area (Å²) in [7, 11) is 0. The number of hydrogen-bond acceptors (Lipinski definition) is 3. The number of furan rings is 1. The van der Waals surface area contributed by atoms with Crippen molar-refractivity contribution >= 4 is 40.9 Å². The van der Waals surface area contributed by atoms with Gasteiger partial charge in [-0.25, -0.2) is 0 Å². The van der Waals surface area contributed by atoms with Crippen LogP contribution < -0.4 is 5.32 Å². The van der Waals surface area contributed by atoms with Gasteiger partial charge in [-0.15, -0.1) is 11.8 Å². The standard InChI is InChI=1S/C21H19Cl2NO2S/c22-17-7-5-15(6-8-17)11-12-24-21(25)20-10-9-18(26-20)14-27-13-16-3-1-2-4-19(16)23/h1-10H,11-14H2,(H,24,25). The van der Waals surface area contributed by atoms with Crippen molar-refractivity contribution in [2.24, 2.45) is 0 Å². The van der Waals surface area contributed by atoms with E-state index in [0.29, 0.717) is 23.1 Å². The summed E-state index contributed by atoms with van der Waals surface area (Å²) in [6, 6.07) is 18.9. The third-order valence-electron chi connectivity index (χ3n) is 3.96. The Bertz CT molecular complexity index is 893. The normalized spacial score (nSPS) is 10.7. The van der Waals surface area contributed by atoms with E-state index in [0.717, 1.165) is 34.1 Å². The number of amides is 1. The van der Waals surface area contributed by atoms with Crippen molar-refractivity contribution in [1.29, 1.82) is 0 Å². The average Bonchev–Trinajstić information content (AvgIpc) is 3.14. The number of rotatable bonds is 8. The van der Waals surface area contributed by atoms with Gasteiger partial charge in [0.15, 0.2) is 5.76 Å². The van der Waals surface area contributed by atoms with Gasteiger partial charge < -0.3 is 9.73 Å². The maximum Gasteiger partial charge on any atom is 0.287 e. The molecule has 1 heterocycles. The SMILES string of the molecule is O=C(NCCc1ccc(Cl)cc1)c1ccc(CSCc2ccccc2Cl)o1. The van der Waals surface area contributed by atoms with Crippen LogP contribution in [0.5, 0.6) is 0 Å². The summed E-state index contributed by atoms with van der Waals surface area (Å²) < 4.78 is 5.65. The summed E-state index contributed by atoms with van der Waals surface area (Å²) >= 11 is 13.7. The van der Waals surface area contributed by atoms with Crippen LogP contribution in [0.1, 0.15) is 27.4 Å². The van der Waals surface area contributed by atoms with Crippen molar-refractivity contribution in [3.63, 3.8) is 0 Å². The van der Waals surface area contributed by atoms with Gasteiger partial charge in [0, 0.05) is 22.3 Å². The van der Waals surface area contributed by atoms with Crippen molar-refractivity contribution in [2.75, 3.05) is 6.54 Å². The second-order valence-electron chi connectivity index (χ2n) is 5.98. The monoisotopic (exact) mass is 419 g/mol. The third-order valence-corrected chi connectivity index (χ3v) is 5.58. The van der Waals surface area contributed by atoms with Crippen LogP contribution in [0, 0.1) is 0 Å². The van der Waals surface area contributed by atoms with Gasteiger partial charge in [-0.3, -0.25) is 4.79 Å². The zero-order chi connectivity index (χ0) is 19.1. The highest BCUT2D eigenvalue weighted by atomic mass is 35.5. The number of thioether (sulfide) groups is 1. The van der Waals surface area contributed by atoms with Crippen LogP contribution in [0.3, 0.4) is 0 Å². The first-order valence-electron chi connectivity index (χ1n) is 8.54. The average molecular weight is 420 g/mol. The van der Waals surface area contributed by atoms with Crippen molar-refractivity contribution in [2.45, 2.75) is 17.9 Å². The molecule has 140 valence electrons. The van der Waals surface area contributed by atoms with Gasteiger partial charge in [-0.2, -0.15) is 0 Å². The molecule has 0 atom stereocenters.